The molecule has 0 aromatic heterocycles. The first-order chi connectivity index (χ1) is 5.68. The Balaban J connectivity index is 3.14. The second-order valence-corrected chi connectivity index (χ2v) is 4.40. The van der Waals surface area contributed by atoms with E-state index in [1.165, 1.54) is 12.8 Å². The van der Waals surface area contributed by atoms with E-state index in [2.05, 4.69) is 6.92 Å². The van der Waals surface area contributed by atoms with E-state index in [-0.39, 0.29) is 0 Å². The standard InChI is InChI=1S/C8H19O3P/c1-2-3-4-5-6-7-8(9)12(10)11/h8-9,12H,2-7H2,1H3,(H,10,11). The Morgan fingerprint density at radius 2 is 1.83 bits per heavy atom. The molecule has 2 atom stereocenters. The second kappa shape index (κ2) is 7.78. The molecule has 0 spiro atoms. The fourth-order valence-corrected chi connectivity index (χ4v) is 1.52. The highest BCUT2D eigenvalue weighted by atomic mass is 31.1. The summed E-state index contributed by atoms with van der Waals surface area (Å²) in [5, 5.41) is 8.97. The van der Waals surface area contributed by atoms with E-state index in [0.29, 0.717) is 6.42 Å². The molecule has 0 saturated carbocycles. The summed E-state index contributed by atoms with van der Waals surface area (Å²) in [6.45, 7) is 2.14. The zero-order chi connectivity index (χ0) is 9.40. The molecular weight excluding hydrogens is 175 g/mol. The molecule has 0 aromatic rings. The quantitative estimate of drug-likeness (QED) is 0.482. The minimum Gasteiger partial charge on any atom is -0.383 e. The third-order valence-corrected chi connectivity index (χ3v) is 2.72. The number of hydrogen-bond acceptors (Lipinski definition) is 2. The Labute approximate surface area is 74.7 Å². The van der Waals surface area contributed by atoms with Gasteiger partial charge in [0.1, 0.15) is 5.85 Å². The summed E-state index contributed by atoms with van der Waals surface area (Å²) in [7, 11) is -2.70. The Hall–Kier alpha value is 0.150. The fourth-order valence-electron chi connectivity index (χ4n) is 1.06. The van der Waals surface area contributed by atoms with E-state index < -0.39 is 13.9 Å². The highest BCUT2D eigenvalue weighted by Crippen LogP contribution is 2.24. The third-order valence-electron chi connectivity index (χ3n) is 1.87. The lowest BCUT2D eigenvalue weighted by Crippen LogP contribution is -1.99. The predicted molar refractivity (Wildman–Crippen MR) is 50.6 cm³/mol. The van der Waals surface area contributed by atoms with Crippen LogP contribution in [-0.2, 0) is 4.57 Å². The van der Waals surface area contributed by atoms with Crippen LogP contribution in [0.1, 0.15) is 45.4 Å². The van der Waals surface area contributed by atoms with Gasteiger partial charge in [0.2, 0.25) is 8.03 Å². The molecule has 74 valence electrons. The van der Waals surface area contributed by atoms with Gasteiger partial charge in [0.15, 0.2) is 0 Å². The van der Waals surface area contributed by atoms with Gasteiger partial charge < -0.3 is 10.00 Å². The van der Waals surface area contributed by atoms with Crippen molar-refractivity contribution in [2.75, 3.05) is 0 Å². The average molecular weight is 194 g/mol. The number of aliphatic hydroxyl groups excluding tert-OH is 1. The van der Waals surface area contributed by atoms with E-state index >= 15 is 0 Å². The lowest BCUT2D eigenvalue weighted by molar-refractivity contribution is 0.223. The largest absolute Gasteiger partial charge is 0.383 e. The van der Waals surface area contributed by atoms with Crippen LogP contribution in [0.5, 0.6) is 0 Å². The van der Waals surface area contributed by atoms with Gasteiger partial charge in [-0.05, 0) is 6.42 Å². The molecule has 0 fully saturated rings. The van der Waals surface area contributed by atoms with E-state index in [1.54, 1.807) is 0 Å². The summed E-state index contributed by atoms with van der Waals surface area (Å²) in [4.78, 5) is 8.52. The van der Waals surface area contributed by atoms with Crippen LogP contribution in [-0.4, -0.2) is 15.8 Å². The van der Waals surface area contributed by atoms with Gasteiger partial charge in [-0.15, -0.1) is 0 Å². The zero-order valence-corrected chi connectivity index (χ0v) is 8.62. The van der Waals surface area contributed by atoms with Crippen molar-refractivity contribution < 1.29 is 14.6 Å². The number of hydrogen-bond donors (Lipinski definition) is 2. The molecule has 0 heterocycles. The molecule has 0 amide bonds. The zero-order valence-electron chi connectivity index (χ0n) is 7.62. The van der Waals surface area contributed by atoms with Crippen molar-refractivity contribution in [3.8, 4) is 0 Å². The summed E-state index contributed by atoms with van der Waals surface area (Å²) in [6.07, 6.45) is 5.95. The third kappa shape index (κ3) is 6.84. The smallest absolute Gasteiger partial charge is 0.216 e. The Morgan fingerprint density at radius 3 is 2.33 bits per heavy atom. The monoisotopic (exact) mass is 194 g/mol. The molecule has 0 radical (unpaired) electrons. The maximum atomic E-state index is 10.4. The second-order valence-electron chi connectivity index (χ2n) is 3.06. The van der Waals surface area contributed by atoms with Crippen molar-refractivity contribution in [2.45, 2.75) is 51.3 Å². The predicted octanol–water partition coefficient (Wildman–Crippen LogP) is 2.13. The van der Waals surface area contributed by atoms with Gasteiger partial charge in [0, 0.05) is 0 Å². The summed E-state index contributed by atoms with van der Waals surface area (Å²) >= 11 is 0. The van der Waals surface area contributed by atoms with Crippen LogP contribution in [0.4, 0.5) is 0 Å². The SMILES string of the molecule is CCCCCCCC(O)[PH](=O)O. The average Bonchev–Trinajstić information content (AvgIpc) is 2.03. The first-order valence-corrected chi connectivity index (χ1v) is 6.02. The van der Waals surface area contributed by atoms with Gasteiger partial charge in [-0.25, -0.2) is 0 Å². The molecular formula is C8H19O3P. The minimum atomic E-state index is -2.70. The molecule has 0 aromatic carbocycles. The van der Waals surface area contributed by atoms with Crippen LogP contribution in [0.2, 0.25) is 0 Å². The van der Waals surface area contributed by atoms with E-state index in [1.807, 2.05) is 0 Å². The van der Waals surface area contributed by atoms with Crippen molar-refractivity contribution in [3.05, 3.63) is 0 Å². The van der Waals surface area contributed by atoms with E-state index in [4.69, 9.17) is 10.00 Å². The van der Waals surface area contributed by atoms with Crippen molar-refractivity contribution in [3.63, 3.8) is 0 Å². The van der Waals surface area contributed by atoms with Gasteiger partial charge in [-0.3, -0.25) is 4.57 Å². The first kappa shape index (κ1) is 12.2. The highest BCUT2D eigenvalue weighted by Gasteiger charge is 2.08. The molecule has 0 aliphatic heterocycles. The van der Waals surface area contributed by atoms with Crippen LogP contribution in [0.25, 0.3) is 0 Å². The van der Waals surface area contributed by atoms with Crippen molar-refractivity contribution in [1.29, 1.82) is 0 Å². The van der Waals surface area contributed by atoms with Crippen molar-refractivity contribution >= 4 is 8.03 Å². The Kier molecular flexibility index (Phi) is 7.88. The molecule has 0 rings (SSSR count). The molecule has 2 N–H and O–H groups in total. The maximum Gasteiger partial charge on any atom is 0.216 e. The minimum absolute atomic E-state index is 0.470. The number of aliphatic hydroxyl groups is 1. The van der Waals surface area contributed by atoms with Crippen LogP contribution in [0, 0.1) is 0 Å². The van der Waals surface area contributed by atoms with Gasteiger partial charge >= 0.3 is 0 Å². The van der Waals surface area contributed by atoms with Crippen LogP contribution in [0.15, 0.2) is 0 Å². The van der Waals surface area contributed by atoms with Gasteiger partial charge in [0.25, 0.3) is 0 Å². The van der Waals surface area contributed by atoms with Gasteiger partial charge in [-0.1, -0.05) is 39.0 Å². The van der Waals surface area contributed by atoms with Crippen molar-refractivity contribution in [1.82, 2.24) is 0 Å². The lowest BCUT2D eigenvalue weighted by Gasteiger charge is -2.05. The Morgan fingerprint density at radius 1 is 1.25 bits per heavy atom. The molecule has 4 heteroatoms. The van der Waals surface area contributed by atoms with Gasteiger partial charge in [0.05, 0.1) is 0 Å². The normalized spacial score (nSPS) is 15.9. The van der Waals surface area contributed by atoms with Crippen LogP contribution >= 0.6 is 8.03 Å². The lowest BCUT2D eigenvalue weighted by atomic mass is 10.1. The van der Waals surface area contributed by atoms with Crippen LogP contribution in [0.3, 0.4) is 0 Å². The van der Waals surface area contributed by atoms with Gasteiger partial charge in [-0.2, -0.15) is 0 Å². The topological polar surface area (TPSA) is 57.5 Å². The molecule has 12 heavy (non-hydrogen) atoms. The highest BCUT2D eigenvalue weighted by molar-refractivity contribution is 7.38. The summed E-state index contributed by atoms with van der Waals surface area (Å²) in [5.74, 6) is -0.975. The van der Waals surface area contributed by atoms with Crippen molar-refractivity contribution in [2.24, 2.45) is 0 Å². The summed E-state index contributed by atoms with van der Waals surface area (Å²) < 4.78 is 10.4. The molecule has 0 bridgehead atoms. The molecule has 0 aliphatic carbocycles. The Bertz CT molecular complexity index is 127. The fraction of sp³-hybridized carbons (Fsp3) is 1.00. The van der Waals surface area contributed by atoms with E-state index in [0.717, 1.165) is 19.3 Å². The molecule has 2 unspecified atom stereocenters. The number of rotatable bonds is 7. The summed E-state index contributed by atoms with van der Waals surface area (Å²) in [5.41, 5.74) is 0. The summed E-state index contributed by atoms with van der Waals surface area (Å²) in [6, 6.07) is 0. The molecule has 0 saturated heterocycles. The van der Waals surface area contributed by atoms with Crippen LogP contribution < -0.4 is 0 Å². The van der Waals surface area contributed by atoms with E-state index in [9.17, 15) is 4.57 Å². The number of unbranched alkanes of at least 4 members (excludes halogenated alkanes) is 4. The molecule has 0 aliphatic rings. The first-order valence-electron chi connectivity index (χ1n) is 4.59. The maximum absolute atomic E-state index is 10.4. The molecule has 3 nitrogen and oxygen atoms in total.